The SMILES string of the molecule is Cc1ccc2nc(-c3ccc4c(c3)nc(C)n4C3CCOCC3)oc2c1.Cc1nc2ccccc2n1C1CCOCC1.O=C=O. The van der Waals surface area contributed by atoms with Crippen LogP contribution >= 0.6 is 0 Å². The molecule has 45 heavy (non-hydrogen) atoms. The molecule has 0 saturated carbocycles. The standard InChI is InChI=1S/C21H21N3O2.C13H16N2O.CO2/c1-13-3-5-17-20(11-13)26-21(23-17)15-4-6-19-18(12-15)22-14(2)24(19)16-7-9-25-10-8-16;1-10-14-12-4-2-3-5-13(12)15(10)11-6-8-16-9-7-11;2-1-3/h3-6,11-12,16H,7-10H2,1-2H3;2-5,11H,6-9H2,1H3;. The lowest BCUT2D eigenvalue weighted by Crippen LogP contribution is -2.20. The zero-order valence-corrected chi connectivity index (χ0v) is 25.9. The molecule has 2 aliphatic rings. The van der Waals surface area contributed by atoms with E-state index in [-0.39, 0.29) is 6.15 Å². The summed E-state index contributed by atoms with van der Waals surface area (Å²) in [5.41, 5.74) is 8.36. The summed E-state index contributed by atoms with van der Waals surface area (Å²) in [4.78, 5) is 30.3. The minimum Gasteiger partial charge on any atom is -0.436 e. The number of rotatable bonds is 3. The molecule has 10 nitrogen and oxygen atoms in total. The van der Waals surface area contributed by atoms with E-state index >= 15 is 0 Å². The fourth-order valence-corrected chi connectivity index (χ4v) is 6.48. The second-order valence-electron chi connectivity index (χ2n) is 11.5. The van der Waals surface area contributed by atoms with Crippen LogP contribution in [0.15, 0.2) is 65.1 Å². The number of aryl methyl sites for hydroxylation is 3. The minimum absolute atomic E-state index is 0.250. The Labute approximate surface area is 261 Å². The monoisotopic (exact) mass is 607 g/mol. The van der Waals surface area contributed by atoms with Gasteiger partial charge < -0.3 is 23.0 Å². The molecule has 3 aromatic heterocycles. The number of ether oxygens (including phenoxy) is 2. The van der Waals surface area contributed by atoms with Gasteiger partial charge in [0, 0.05) is 44.1 Å². The van der Waals surface area contributed by atoms with E-state index in [0.29, 0.717) is 18.0 Å². The van der Waals surface area contributed by atoms with Crippen molar-refractivity contribution in [2.45, 2.75) is 58.5 Å². The van der Waals surface area contributed by atoms with Crippen molar-refractivity contribution in [3.05, 3.63) is 77.9 Å². The van der Waals surface area contributed by atoms with E-state index in [2.05, 4.69) is 82.3 Å². The van der Waals surface area contributed by atoms with Gasteiger partial charge in [0.25, 0.3) is 0 Å². The van der Waals surface area contributed by atoms with Crippen LogP contribution in [0, 0.1) is 20.8 Å². The summed E-state index contributed by atoms with van der Waals surface area (Å²) in [5, 5.41) is 0. The molecule has 8 rings (SSSR count). The first-order valence-electron chi connectivity index (χ1n) is 15.4. The average Bonchev–Trinajstić information content (AvgIpc) is 3.73. The maximum absolute atomic E-state index is 8.12. The molecule has 6 aromatic rings. The third-order valence-electron chi connectivity index (χ3n) is 8.54. The van der Waals surface area contributed by atoms with Crippen LogP contribution < -0.4 is 0 Å². The van der Waals surface area contributed by atoms with Crippen molar-refractivity contribution in [1.82, 2.24) is 24.1 Å². The molecular weight excluding hydrogens is 570 g/mol. The number of hydrogen-bond acceptors (Lipinski definition) is 8. The molecule has 2 fully saturated rings. The number of nitrogens with zero attached hydrogens (tertiary/aromatic N) is 5. The molecule has 0 radical (unpaired) electrons. The van der Waals surface area contributed by atoms with Crippen LogP contribution in [0.3, 0.4) is 0 Å². The third-order valence-corrected chi connectivity index (χ3v) is 8.54. The summed E-state index contributed by atoms with van der Waals surface area (Å²) in [6, 6.07) is 21.8. The zero-order valence-electron chi connectivity index (χ0n) is 25.9. The molecule has 0 amide bonds. The number of oxazole rings is 1. The predicted octanol–water partition coefficient (Wildman–Crippen LogP) is 6.93. The Morgan fingerprint density at radius 3 is 1.89 bits per heavy atom. The van der Waals surface area contributed by atoms with E-state index in [1.165, 1.54) is 16.6 Å². The predicted molar refractivity (Wildman–Crippen MR) is 170 cm³/mol. The summed E-state index contributed by atoms with van der Waals surface area (Å²) < 4.78 is 21.6. The Morgan fingerprint density at radius 2 is 1.24 bits per heavy atom. The van der Waals surface area contributed by atoms with Crippen LogP contribution in [0.1, 0.15) is 55.0 Å². The molecule has 0 aliphatic carbocycles. The van der Waals surface area contributed by atoms with Gasteiger partial charge in [-0.25, -0.2) is 15.0 Å². The quantitative estimate of drug-likeness (QED) is 0.213. The molecule has 0 N–H and O–H groups in total. The molecular formula is C35H37N5O5. The van der Waals surface area contributed by atoms with E-state index in [1.54, 1.807) is 0 Å². The summed E-state index contributed by atoms with van der Waals surface area (Å²) in [5.74, 6) is 2.82. The van der Waals surface area contributed by atoms with Gasteiger partial charge in [-0.1, -0.05) is 18.2 Å². The lowest BCUT2D eigenvalue weighted by Gasteiger charge is -2.25. The molecule has 0 atom stereocenters. The van der Waals surface area contributed by atoms with Crippen molar-refractivity contribution in [3.8, 4) is 11.5 Å². The number of imidazole rings is 2. The molecule has 2 aliphatic heterocycles. The van der Waals surface area contributed by atoms with Gasteiger partial charge in [-0.15, -0.1) is 0 Å². The van der Waals surface area contributed by atoms with Crippen molar-refractivity contribution in [2.24, 2.45) is 0 Å². The molecule has 0 unspecified atom stereocenters. The van der Waals surface area contributed by atoms with Gasteiger partial charge in [0.1, 0.15) is 17.2 Å². The Kier molecular flexibility index (Phi) is 9.16. The molecule has 232 valence electrons. The highest BCUT2D eigenvalue weighted by Gasteiger charge is 2.21. The van der Waals surface area contributed by atoms with Crippen molar-refractivity contribution in [1.29, 1.82) is 0 Å². The molecule has 5 heterocycles. The largest absolute Gasteiger partial charge is 0.436 e. The van der Waals surface area contributed by atoms with Crippen LogP contribution in [0.2, 0.25) is 0 Å². The van der Waals surface area contributed by atoms with Gasteiger partial charge in [-0.05, 0) is 94.5 Å². The van der Waals surface area contributed by atoms with Crippen LogP contribution in [0.5, 0.6) is 0 Å². The van der Waals surface area contributed by atoms with Crippen LogP contribution in [-0.4, -0.2) is 56.7 Å². The van der Waals surface area contributed by atoms with E-state index in [0.717, 1.165) is 91.5 Å². The number of para-hydroxylation sites is 2. The highest BCUT2D eigenvalue weighted by molar-refractivity contribution is 5.83. The lowest BCUT2D eigenvalue weighted by atomic mass is 10.1. The summed E-state index contributed by atoms with van der Waals surface area (Å²) in [6.45, 7) is 9.62. The van der Waals surface area contributed by atoms with Gasteiger partial charge in [-0.3, -0.25) is 0 Å². The Balaban J connectivity index is 0.000000161. The van der Waals surface area contributed by atoms with Gasteiger partial charge in [0.2, 0.25) is 5.89 Å². The molecule has 10 heteroatoms. The van der Waals surface area contributed by atoms with Gasteiger partial charge >= 0.3 is 6.15 Å². The maximum Gasteiger partial charge on any atom is 0.373 e. The van der Waals surface area contributed by atoms with Crippen molar-refractivity contribution in [2.75, 3.05) is 26.4 Å². The van der Waals surface area contributed by atoms with E-state index < -0.39 is 0 Å². The maximum atomic E-state index is 8.12. The first-order valence-corrected chi connectivity index (χ1v) is 15.4. The number of carbonyl (C=O) groups excluding carboxylic acids is 2. The van der Waals surface area contributed by atoms with Crippen molar-refractivity contribution < 1.29 is 23.5 Å². The topological polar surface area (TPSA) is 114 Å². The van der Waals surface area contributed by atoms with Gasteiger partial charge in [0.15, 0.2) is 5.58 Å². The van der Waals surface area contributed by atoms with E-state index in [1.807, 2.05) is 18.2 Å². The Bertz CT molecular complexity index is 1950. The number of hydrogen-bond donors (Lipinski definition) is 0. The summed E-state index contributed by atoms with van der Waals surface area (Å²) >= 11 is 0. The first kappa shape index (κ1) is 30.4. The highest BCUT2D eigenvalue weighted by atomic mass is 16.5. The average molecular weight is 608 g/mol. The lowest BCUT2D eigenvalue weighted by molar-refractivity contribution is -0.191. The summed E-state index contributed by atoms with van der Waals surface area (Å²) in [7, 11) is 0. The van der Waals surface area contributed by atoms with E-state index in [4.69, 9.17) is 28.5 Å². The van der Waals surface area contributed by atoms with Crippen molar-refractivity contribution >= 4 is 39.3 Å². The van der Waals surface area contributed by atoms with Gasteiger partial charge in [-0.2, -0.15) is 9.59 Å². The Hall–Kier alpha value is -4.63. The van der Waals surface area contributed by atoms with Crippen LogP contribution in [-0.2, 0) is 19.1 Å². The molecule has 2 saturated heterocycles. The number of aromatic nitrogens is 5. The normalized spacial score (nSPS) is 15.8. The van der Waals surface area contributed by atoms with Crippen LogP contribution in [0.4, 0.5) is 0 Å². The minimum atomic E-state index is 0.250. The fraction of sp³-hybridized carbons (Fsp3) is 0.371. The molecule has 0 bridgehead atoms. The zero-order chi connectivity index (χ0) is 31.3. The second-order valence-corrected chi connectivity index (χ2v) is 11.5. The first-order chi connectivity index (χ1) is 22.0. The van der Waals surface area contributed by atoms with Gasteiger partial charge in [0.05, 0.1) is 22.1 Å². The van der Waals surface area contributed by atoms with Crippen LogP contribution in [0.25, 0.3) is 44.6 Å². The smallest absolute Gasteiger partial charge is 0.373 e. The number of fused-ring (bicyclic) bond motifs is 3. The summed E-state index contributed by atoms with van der Waals surface area (Å²) in [6.07, 6.45) is 4.53. The molecule has 3 aromatic carbocycles. The fourth-order valence-electron chi connectivity index (χ4n) is 6.48. The molecule has 0 spiro atoms. The van der Waals surface area contributed by atoms with E-state index in [9.17, 15) is 0 Å². The Morgan fingerprint density at radius 1 is 0.667 bits per heavy atom. The second kappa shape index (κ2) is 13.6. The van der Waals surface area contributed by atoms with Crippen molar-refractivity contribution in [3.63, 3.8) is 0 Å². The third kappa shape index (κ3) is 6.44. The number of benzene rings is 3. The highest BCUT2D eigenvalue weighted by Crippen LogP contribution is 2.32.